The number of carboxylic acid groups (broad SMARTS) is 1. The van der Waals surface area contributed by atoms with Crippen molar-refractivity contribution in [2.24, 2.45) is 0 Å². The number of aromatic nitrogens is 2. The molecule has 2 N–H and O–H groups in total. The molecule has 7 heteroatoms. The molecule has 2 rings (SSSR count). The zero-order valence-corrected chi connectivity index (χ0v) is 13.3. The molecule has 0 spiro atoms. The molecule has 0 atom stereocenters. The van der Waals surface area contributed by atoms with Crippen LogP contribution in [0.5, 0.6) is 0 Å². The third-order valence-electron chi connectivity index (χ3n) is 3.26. The maximum absolute atomic E-state index is 12.1. The minimum absolute atomic E-state index is 0.0426. The minimum atomic E-state index is -1.10. The van der Waals surface area contributed by atoms with Crippen LogP contribution >= 0.6 is 11.6 Å². The second kappa shape index (κ2) is 6.79. The second-order valence-electron chi connectivity index (χ2n) is 4.97. The van der Waals surface area contributed by atoms with E-state index >= 15 is 0 Å². The minimum Gasteiger partial charge on any atom is -0.475 e. The van der Waals surface area contributed by atoms with Crippen LogP contribution in [0.25, 0.3) is 11.0 Å². The molecule has 0 radical (unpaired) electrons. The summed E-state index contributed by atoms with van der Waals surface area (Å²) in [5, 5.41) is 12.3. The molecular weight excluding hydrogens is 306 g/mol. The number of nitrogens with zero attached hydrogens (tertiary/aromatic N) is 2. The monoisotopic (exact) mass is 323 g/mol. The zero-order valence-electron chi connectivity index (χ0n) is 12.5. The van der Waals surface area contributed by atoms with Gasteiger partial charge in [-0.25, -0.2) is 9.78 Å². The molecule has 6 nitrogen and oxygen atoms in total. The number of benzene rings is 1. The van der Waals surface area contributed by atoms with E-state index in [0.717, 1.165) is 12.8 Å². The van der Waals surface area contributed by atoms with Gasteiger partial charge in [-0.05, 0) is 25.0 Å². The normalized spacial score (nSPS) is 10.9. The van der Waals surface area contributed by atoms with E-state index in [1.165, 1.54) is 0 Å². The first-order valence-corrected chi connectivity index (χ1v) is 7.58. The summed E-state index contributed by atoms with van der Waals surface area (Å²) in [6.45, 7) is 4.98. The number of carbonyl (C=O) groups excluding carboxylic acids is 1. The fourth-order valence-corrected chi connectivity index (χ4v) is 2.51. The number of halogens is 1. The summed E-state index contributed by atoms with van der Waals surface area (Å²) in [4.78, 5) is 27.5. The standard InChI is InChI=1S/C15H18ClN3O3/c1-3-5-17-14(20)9-7-11-12(8-10(9)16)19(6-4-2)13(18-11)15(21)22/h7-8H,3-6H2,1-2H3,(H,17,20)(H,21,22). The van der Waals surface area contributed by atoms with Crippen LogP contribution in [0, 0.1) is 0 Å². The Bertz CT molecular complexity index is 724. The number of hydrogen-bond donors (Lipinski definition) is 2. The molecule has 1 aromatic carbocycles. The zero-order chi connectivity index (χ0) is 16.3. The summed E-state index contributed by atoms with van der Waals surface area (Å²) >= 11 is 6.19. The molecule has 118 valence electrons. The molecule has 0 aliphatic carbocycles. The summed E-state index contributed by atoms with van der Waals surface area (Å²) < 4.78 is 1.61. The highest BCUT2D eigenvalue weighted by molar-refractivity contribution is 6.34. The van der Waals surface area contributed by atoms with E-state index in [0.29, 0.717) is 29.7 Å². The molecule has 0 aliphatic heterocycles. The van der Waals surface area contributed by atoms with Crippen molar-refractivity contribution in [1.29, 1.82) is 0 Å². The molecule has 1 aromatic heterocycles. The van der Waals surface area contributed by atoms with E-state index in [2.05, 4.69) is 10.3 Å². The van der Waals surface area contributed by atoms with Crippen LogP contribution in [0.4, 0.5) is 0 Å². The molecule has 2 aromatic rings. The summed E-state index contributed by atoms with van der Waals surface area (Å²) in [6, 6.07) is 3.15. The fraction of sp³-hybridized carbons (Fsp3) is 0.400. The van der Waals surface area contributed by atoms with Gasteiger partial charge in [0, 0.05) is 13.1 Å². The van der Waals surface area contributed by atoms with E-state index in [1.807, 2.05) is 13.8 Å². The van der Waals surface area contributed by atoms with Crippen molar-refractivity contribution in [3.05, 3.63) is 28.5 Å². The van der Waals surface area contributed by atoms with Gasteiger partial charge in [-0.3, -0.25) is 4.79 Å². The lowest BCUT2D eigenvalue weighted by atomic mass is 10.2. The number of rotatable bonds is 6. The first-order chi connectivity index (χ1) is 10.5. The summed E-state index contributed by atoms with van der Waals surface area (Å²) in [5.74, 6) is -1.42. The predicted molar refractivity (Wildman–Crippen MR) is 84.6 cm³/mol. The number of amides is 1. The molecule has 1 heterocycles. The largest absolute Gasteiger partial charge is 0.475 e. The number of aryl methyl sites for hydroxylation is 1. The maximum Gasteiger partial charge on any atom is 0.372 e. The van der Waals surface area contributed by atoms with Crippen molar-refractivity contribution in [3.8, 4) is 0 Å². The van der Waals surface area contributed by atoms with Gasteiger partial charge in [0.15, 0.2) is 0 Å². The molecule has 0 unspecified atom stereocenters. The van der Waals surface area contributed by atoms with Crippen molar-refractivity contribution >= 4 is 34.5 Å². The smallest absolute Gasteiger partial charge is 0.372 e. The Morgan fingerprint density at radius 3 is 2.64 bits per heavy atom. The summed E-state index contributed by atoms with van der Waals surface area (Å²) in [7, 11) is 0. The van der Waals surface area contributed by atoms with Crippen molar-refractivity contribution in [2.45, 2.75) is 33.2 Å². The van der Waals surface area contributed by atoms with Gasteiger partial charge in [-0.1, -0.05) is 25.4 Å². The molecule has 0 saturated heterocycles. The summed E-state index contributed by atoms with van der Waals surface area (Å²) in [5.41, 5.74) is 1.38. The quantitative estimate of drug-likeness (QED) is 0.856. The number of imidazole rings is 1. The molecule has 22 heavy (non-hydrogen) atoms. The lowest BCUT2D eigenvalue weighted by Crippen LogP contribution is -2.24. The molecule has 0 fully saturated rings. The Morgan fingerprint density at radius 1 is 1.32 bits per heavy atom. The van der Waals surface area contributed by atoms with Crippen LogP contribution in [-0.2, 0) is 6.54 Å². The third-order valence-corrected chi connectivity index (χ3v) is 3.57. The average Bonchev–Trinajstić information content (AvgIpc) is 2.82. The lowest BCUT2D eigenvalue weighted by molar-refractivity contribution is 0.0678. The predicted octanol–water partition coefficient (Wildman–Crippen LogP) is 2.94. The third kappa shape index (κ3) is 3.06. The van der Waals surface area contributed by atoms with Gasteiger partial charge >= 0.3 is 5.97 Å². The number of hydrogen-bond acceptors (Lipinski definition) is 3. The van der Waals surface area contributed by atoms with Gasteiger partial charge in [-0.2, -0.15) is 0 Å². The van der Waals surface area contributed by atoms with Gasteiger partial charge in [0.2, 0.25) is 5.82 Å². The van der Waals surface area contributed by atoms with Gasteiger partial charge < -0.3 is 15.0 Å². The SMILES string of the molecule is CCCNC(=O)c1cc2nc(C(=O)O)n(CCC)c2cc1Cl. The van der Waals surface area contributed by atoms with Crippen LogP contribution < -0.4 is 5.32 Å². The van der Waals surface area contributed by atoms with E-state index in [-0.39, 0.29) is 16.8 Å². The number of carbonyl (C=O) groups is 2. The van der Waals surface area contributed by atoms with E-state index < -0.39 is 5.97 Å². The van der Waals surface area contributed by atoms with Crippen molar-refractivity contribution in [3.63, 3.8) is 0 Å². The van der Waals surface area contributed by atoms with E-state index in [9.17, 15) is 14.7 Å². The topological polar surface area (TPSA) is 84.2 Å². The van der Waals surface area contributed by atoms with Crippen LogP contribution in [0.3, 0.4) is 0 Å². The Hall–Kier alpha value is -2.08. The first kappa shape index (κ1) is 16.3. The van der Waals surface area contributed by atoms with Gasteiger partial charge in [0.05, 0.1) is 21.6 Å². The van der Waals surface area contributed by atoms with Crippen LogP contribution in [0.2, 0.25) is 5.02 Å². The highest BCUT2D eigenvalue weighted by Crippen LogP contribution is 2.25. The first-order valence-electron chi connectivity index (χ1n) is 7.20. The van der Waals surface area contributed by atoms with Crippen molar-refractivity contribution < 1.29 is 14.7 Å². The molecule has 1 amide bonds. The Labute approximate surface area is 133 Å². The van der Waals surface area contributed by atoms with Crippen molar-refractivity contribution in [1.82, 2.24) is 14.9 Å². The molecular formula is C15H18ClN3O3. The van der Waals surface area contributed by atoms with Crippen molar-refractivity contribution in [2.75, 3.05) is 6.54 Å². The number of aromatic carboxylic acids is 1. The maximum atomic E-state index is 12.1. The van der Waals surface area contributed by atoms with E-state index in [1.54, 1.807) is 16.7 Å². The number of fused-ring (bicyclic) bond motifs is 1. The lowest BCUT2D eigenvalue weighted by Gasteiger charge is -2.07. The Kier molecular flexibility index (Phi) is 5.03. The molecule has 0 aliphatic rings. The van der Waals surface area contributed by atoms with E-state index in [4.69, 9.17) is 11.6 Å². The van der Waals surface area contributed by atoms with Crippen LogP contribution in [-0.4, -0.2) is 33.1 Å². The van der Waals surface area contributed by atoms with Gasteiger partial charge in [0.1, 0.15) is 0 Å². The average molecular weight is 324 g/mol. The van der Waals surface area contributed by atoms with Crippen LogP contribution in [0.1, 0.15) is 47.7 Å². The number of nitrogens with one attached hydrogen (secondary N) is 1. The number of carboxylic acids is 1. The highest BCUT2D eigenvalue weighted by Gasteiger charge is 2.19. The Morgan fingerprint density at radius 2 is 2.05 bits per heavy atom. The second-order valence-corrected chi connectivity index (χ2v) is 5.38. The molecule has 0 saturated carbocycles. The Balaban J connectivity index is 2.55. The highest BCUT2D eigenvalue weighted by atomic mass is 35.5. The fourth-order valence-electron chi connectivity index (χ4n) is 2.27. The van der Waals surface area contributed by atoms with Crippen LogP contribution in [0.15, 0.2) is 12.1 Å². The van der Waals surface area contributed by atoms with Gasteiger partial charge in [-0.15, -0.1) is 0 Å². The van der Waals surface area contributed by atoms with Gasteiger partial charge in [0.25, 0.3) is 5.91 Å². The summed E-state index contributed by atoms with van der Waals surface area (Å²) in [6.07, 6.45) is 1.59. The molecule has 0 bridgehead atoms.